The molecule has 0 aliphatic rings. The summed E-state index contributed by atoms with van der Waals surface area (Å²) in [7, 11) is 0. The van der Waals surface area contributed by atoms with Gasteiger partial charge in [0.25, 0.3) is 0 Å². The minimum Gasteiger partial charge on any atom is -0.307 e. The molecule has 1 aromatic carbocycles. The van der Waals surface area contributed by atoms with Gasteiger partial charge in [-0.3, -0.25) is 0 Å². The molecular weight excluding hydrogens is 248 g/mol. The first-order valence-electron chi connectivity index (χ1n) is 4.64. The Morgan fingerprint density at radius 3 is 2.12 bits per heavy atom. The van der Waals surface area contributed by atoms with E-state index in [0.29, 0.717) is 0 Å². The Hall–Kier alpha value is -1.24. The van der Waals surface area contributed by atoms with Gasteiger partial charge in [0.05, 0.1) is 6.54 Å². The first-order chi connectivity index (χ1) is 7.84. The number of alkyl halides is 4. The lowest BCUT2D eigenvalue weighted by Gasteiger charge is -2.16. The van der Waals surface area contributed by atoms with Crippen LogP contribution in [0.3, 0.4) is 0 Å². The number of nitrogens with one attached hydrogen (secondary N) is 1. The Morgan fingerprint density at radius 1 is 1.12 bits per heavy atom. The second kappa shape index (κ2) is 5.39. The van der Waals surface area contributed by atoms with Gasteiger partial charge >= 0.3 is 12.3 Å². The van der Waals surface area contributed by atoms with E-state index in [-0.39, 0.29) is 0 Å². The normalized spacial score (nSPS) is 12.2. The predicted molar refractivity (Wildman–Crippen MR) is 49.0 cm³/mol. The fourth-order valence-electron chi connectivity index (χ4n) is 1.13. The van der Waals surface area contributed by atoms with Gasteiger partial charge in [0, 0.05) is 12.1 Å². The van der Waals surface area contributed by atoms with Crippen LogP contribution in [0.2, 0.25) is 0 Å². The average Bonchev–Trinajstić information content (AvgIpc) is 2.22. The maximum Gasteiger partial charge on any atom is 0.319 e. The lowest BCUT2D eigenvalue weighted by Crippen LogP contribution is -2.38. The second-order valence-electron chi connectivity index (χ2n) is 3.37. The number of hydrogen-bond acceptors (Lipinski definition) is 1. The zero-order chi connectivity index (χ0) is 13.1. The van der Waals surface area contributed by atoms with Crippen LogP contribution in [0.1, 0.15) is 5.56 Å². The molecule has 0 saturated heterocycles. The Morgan fingerprint density at radius 2 is 1.65 bits per heavy atom. The summed E-state index contributed by atoms with van der Waals surface area (Å²) in [6, 6.07) is 3.01. The Balaban J connectivity index is 2.57. The molecular formula is C10H9F6N. The van der Waals surface area contributed by atoms with Crippen LogP contribution in [0.15, 0.2) is 18.2 Å². The molecule has 0 aromatic heterocycles. The third-order valence-corrected chi connectivity index (χ3v) is 2.04. The molecule has 0 bridgehead atoms. The van der Waals surface area contributed by atoms with Crippen molar-refractivity contribution in [3.8, 4) is 0 Å². The van der Waals surface area contributed by atoms with E-state index < -0.39 is 42.6 Å². The van der Waals surface area contributed by atoms with Crippen molar-refractivity contribution in [2.24, 2.45) is 0 Å². The van der Waals surface area contributed by atoms with Crippen molar-refractivity contribution in [3.63, 3.8) is 0 Å². The number of hydrogen-bond donors (Lipinski definition) is 1. The molecule has 0 aliphatic carbocycles. The van der Waals surface area contributed by atoms with Crippen LogP contribution in [0.5, 0.6) is 0 Å². The van der Waals surface area contributed by atoms with Crippen LogP contribution in [0.25, 0.3) is 0 Å². The van der Waals surface area contributed by atoms with Crippen molar-refractivity contribution in [1.29, 1.82) is 0 Å². The van der Waals surface area contributed by atoms with Crippen LogP contribution in [-0.2, 0) is 6.54 Å². The molecule has 96 valence electrons. The zero-order valence-electron chi connectivity index (χ0n) is 8.49. The van der Waals surface area contributed by atoms with Gasteiger partial charge in [-0.1, -0.05) is 6.07 Å². The van der Waals surface area contributed by atoms with E-state index in [1.807, 2.05) is 5.32 Å². The second-order valence-corrected chi connectivity index (χ2v) is 3.37. The molecule has 0 aliphatic heterocycles. The van der Waals surface area contributed by atoms with Crippen molar-refractivity contribution in [1.82, 2.24) is 5.32 Å². The SMILES string of the molecule is Fc1cccc(F)c1CNCC(F)(F)C(F)F. The zero-order valence-corrected chi connectivity index (χ0v) is 8.49. The van der Waals surface area contributed by atoms with Crippen LogP contribution in [0.4, 0.5) is 26.3 Å². The van der Waals surface area contributed by atoms with Crippen LogP contribution < -0.4 is 5.32 Å². The van der Waals surface area contributed by atoms with Crippen LogP contribution in [0, 0.1) is 11.6 Å². The molecule has 0 amide bonds. The summed E-state index contributed by atoms with van der Waals surface area (Å²) < 4.78 is 74.4. The molecule has 0 unspecified atom stereocenters. The van der Waals surface area contributed by atoms with Gasteiger partial charge in [-0.2, -0.15) is 8.78 Å². The van der Waals surface area contributed by atoms with Crippen molar-refractivity contribution in [2.45, 2.75) is 18.9 Å². The molecule has 0 heterocycles. The first kappa shape index (κ1) is 13.8. The van der Waals surface area contributed by atoms with Gasteiger partial charge in [0.1, 0.15) is 11.6 Å². The van der Waals surface area contributed by atoms with Gasteiger partial charge in [0.15, 0.2) is 0 Å². The van der Waals surface area contributed by atoms with Crippen LogP contribution in [-0.4, -0.2) is 18.9 Å². The highest BCUT2D eigenvalue weighted by Gasteiger charge is 2.40. The highest BCUT2D eigenvalue weighted by molar-refractivity contribution is 5.19. The Labute approximate surface area is 93.4 Å². The summed E-state index contributed by atoms with van der Waals surface area (Å²) in [4.78, 5) is 0. The summed E-state index contributed by atoms with van der Waals surface area (Å²) in [6.45, 7) is -1.93. The minimum atomic E-state index is -4.22. The molecule has 17 heavy (non-hydrogen) atoms. The summed E-state index contributed by atoms with van der Waals surface area (Å²) >= 11 is 0. The fraction of sp³-hybridized carbons (Fsp3) is 0.400. The summed E-state index contributed by atoms with van der Waals surface area (Å²) in [5.41, 5.74) is -0.461. The number of rotatable bonds is 5. The first-order valence-corrected chi connectivity index (χ1v) is 4.64. The third-order valence-electron chi connectivity index (χ3n) is 2.04. The van der Waals surface area contributed by atoms with Gasteiger partial charge < -0.3 is 5.32 Å². The Bertz CT molecular complexity index is 359. The summed E-state index contributed by atoms with van der Waals surface area (Å²) in [5, 5.41) is 1.89. The van der Waals surface area contributed by atoms with Crippen molar-refractivity contribution < 1.29 is 26.3 Å². The lowest BCUT2D eigenvalue weighted by atomic mass is 10.2. The molecule has 7 heteroatoms. The van der Waals surface area contributed by atoms with E-state index >= 15 is 0 Å². The largest absolute Gasteiger partial charge is 0.319 e. The fourth-order valence-corrected chi connectivity index (χ4v) is 1.13. The summed E-state index contributed by atoms with van der Waals surface area (Å²) in [6.07, 6.45) is -3.82. The monoisotopic (exact) mass is 257 g/mol. The van der Waals surface area contributed by atoms with Crippen LogP contribution >= 0.6 is 0 Å². The van der Waals surface area contributed by atoms with E-state index in [1.165, 1.54) is 0 Å². The molecule has 0 saturated carbocycles. The molecule has 0 atom stereocenters. The van der Waals surface area contributed by atoms with E-state index in [4.69, 9.17) is 0 Å². The van der Waals surface area contributed by atoms with E-state index in [9.17, 15) is 26.3 Å². The maximum atomic E-state index is 13.0. The number of halogens is 6. The molecule has 1 nitrogen and oxygen atoms in total. The summed E-state index contributed by atoms with van der Waals surface area (Å²) in [5.74, 6) is -6.06. The van der Waals surface area contributed by atoms with Gasteiger partial charge in [-0.05, 0) is 12.1 Å². The highest BCUT2D eigenvalue weighted by atomic mass is 19.3. The molecule has 1 N–H and O–H groups in total. The van der Waals surface area contributed by atoms with E-state index in [1.54, 1.807) is 0 Å². The molecule has 1 aromatic rings. The quantitative estimate of drug-likeness (QED) is 0.800. The lowest BCUT2D eigenvalue weighted by molar-refractivity contribution is -0.125. The Kier molecular flexibility index (Phi) is 4.39. The average molecular weight is 257 g/mol. The molecule has 0 fully saturated rings. The molecule has 0 radical (unpaired) electrons. The maximum absolute atomic E-state index is 13.0. The third kappa shape index (κ3) is 3.62. The van der Waals surface area contributed by atoms with Gasteiger partial charge in [-0.15, -0.1) is 0 Å². The molecule has 0 spiro atoms. The van der Waals surface area contributed by atoms with Crippen molar-refractivity contribution in [3.05, 3.63) is 35.4 Å². The smallest absolute Gasteiger partial charge is 0.307 e. The number of benzene rings is 1. The van der Waals surface area contributed by atoms with E-state index in [2.05, 4.69) is 0 Å². The van der Waals surface area contributed by atoms with E-state index in [0.717, 1.165) is 18.2 Å². The van der Waals surface area contributed by atoms with Gasteiger partial charge in [0.2, 0.25) is 0 Å². The topological polar surface area (TPSA) is 12.0 Å². The predicted octanol–water partition coefficient (Wildman–Crippen LogP) is 2.95. The van der Waals surface area contributed by atoms with Crippen molar-refractivity contribution in [2.75, 3.05) is 6.54 Å². The standard InChI is InChI=1S/C10H9F6N/c11-7-2-1-3-8(12)6(7)4-17-5-10(15,16)9(13)14/h1-3,9,17H,4-5H2. The van der Waals surface area contributed by atoms with Gasteiger partial charge in [-0.25, -0.2) is 17.6 Å². The van der Waals surface area contributed by atoms with Crippen molar-refractivity contribution >= 4 is 0 Å². The minimum absolute atomic E-state index is 0.461. The molecule has 1 rings (SSSR count). The highest BCUT2D eigenvalue weighted by Crippen LogP contribution is 2.21.